The molecule has 7 nitrogen and oxygen atoms in total. The molecule has 0 bridgehead atoms. The normalized spacial score (nSPS) is 14.2. The van der Waals surface area contributed by atoms with Gasteiger partial charge in [0, 0.05) is 23.4 Å². The van der Waals surface area contributed by atoms with Crippen molar-refractivity contribution in [3.8, 4) is 5.75 Å². The molecule has 1 aromatic heterocycles. The fourth-order valence-corrected chi connectivity index (χ4v) is 4.17. The Hall–Kier alpha value is -3.61. The fourth-order valence-electron chi connectivity index (χ4n) is 4.17. The van der Waals surface area contributed by atoms with Crippen LogP contribution in [-0.2, 0) is 28.8 Å². The van der Waals surface area contributed by atoms with Crippen molar-refractivity contribution in [2.45, 2.75) is 64.5 Å². The van der Waals surface area contributed by atoms with E-state index < -0.39 is 23.7 Å². The summed E-state index contributed by atoms with van der Waals surface area (Å²) in [5.41, 5.74) is 1.96. The number of fused-ring (bicyclic) bond motifs is 3. The summed E-state index contributed by atoms with van der Waals surface area (Å²) in [4.78, 5) is 37.9. The van der Waals surface area contributed by atoms with Gasteiger partial charge in [0.1, 0.15) is 23.0 Å². The van der Waals surface area contributed by atoms with Gasteiger partial charge >= 0.3 is 17.7 Å². The van der Waals surface area contributed by atoms with Crippen molar-refractivity contribution in [3.63, 3.8) is 0 Å². The lowest BCUT2D eigenvalue weighted by molar-refractivity contribution is -0.136. The average molecular weight is 464 g/mol. The van der Waals surface area contributed by atoms with Gasteiger partial charge in [-0.3, -0.25) is 0 Å². The van der Waals surface area contributed by atoms with Crippen molar-refractivity contribution < 1.29 is 23.5 Å². The molecule has 2 aromatic carbocycles. The van der Waals surface area contributed by atoms with Crippen LogP contribution >= 0.6 is 0 Å². The Morgan fingerprint density at radius 1 is 1.03 bits per heavy atom. The summed E-state index contributed by atoms with van der Waals surface area (Å²) in [7, 11) is 0. The summed E-state index contributed by atoms with van der Waals surface area (Å²) in [5, 5.41) is 3.48. The van der Waals surface area contributed by atoms with Crippen LogP contribution in [0.25, 0.3) is 11.0 Å². The van der Waals surface area contributed by atoms with Crippen molar-refractivity contribution in [3.05, 3.63) is 75.6 Å². The molecule has 1 aliphatic carbocycles. The van der Waals surface area contributed by atoms with Gasteiger partial charge in [-0.2, -0.15) is 0 Å². The van der Waals surface area contributed by atoms with Crippen molar-refractivity contribution in [1.82, 2.24) is 5.32 Å². The van der Waals surface area contributed by atoms with Crippen LogP contribution in [0.4, 0.5) is 4.79 Å². The lowest BCUT2D eigenvalue weighted by Crippen LogP contribution is -2.46. The van der Waals surface area contributed by atoms with Gasteiger partial charge in [-0.25, -0.2) is 14.4 Å². The Labute approximate surface area is 198 Å². The van der Waals surface area contributed by atoms with Crippen LogP contribution in [0.15, 0.2) is 57.7 Å². The summed E-state index contributed by atoms with van der Waals surface area (Å²) in [5.74, 6) is -0.408. The fraction of sp³-hybridized carbons (Fsp3) is 0.370. The van der Waals surface area contributed by atoms with E-state index in [1.807, 2.05) is 36.4 Å². The van der Waals surface area contributed by atoms with E-state index in [0.717, 1.165) is 47.8 Å². The van der Waals surface area contributed by atoms with E-state index in [4.69, 9.17) is 13.9 Å². The number of carbonyl (C=O) groups excluding carboxylic acids is 2. The standard InChI is InChI=1S/C27H29NO6/c1-27(2,3)34-26(31)28-22(15-17-9-5-4-6-10-17)25(30)32-18-13-14-20-19-11-7-8-12-21(19)24(29)33-23(20)16-18/h4-6,9-10,13-14,16,22H,7-8,11-12,15H2,1-3H3,(H,28,31). The third kappa shape index (κ3) is 5.65. The number of nitrogens with one attached hydrogen (secondary N) is 1. The highest BCUT2D eigenvalue weighted by atomic mass is 16.6. The lowest BCUT2D eigenvalue weighted by Gasteiger charge is -2.23. The second-order valence-electron chi connectivity index (χ2n) is 9.52. The van der Waals surface area contributed by atoms with Crippen LogP contribution in [0.5, 0.6) is 5.75 Å². The topological polar surface area (TPSA) is 94.8 Å². The van der Waals surface area contributed by atoms with E-state index in [0.29, 0.717) is 5.58 Å². The van der Waals surface area contributed by atoms with E-state index in [-0.39, 0.29) is 17.8 Å². The van der Waals surface area contributed by atoms with Gasteiger partial charge in [0.05, 0.1) is 0 Å². The number of aryl methyl sites for hydroxylation is 1. The maximum atomic E-state index is 13.1. The number of ether oxygens (including phenoxy) is 2. The molecule has 4 rings (SSSR count). The summed E-state index contributed by atoms with van der Waals surface area (Å²) >= 11 is 0. The van der Waals surface area contributed by atoms with E-state index >= 15 is 0 Å². The van der Waals surface area contributed by atoms with Crippen LogP contribution in [0, 0.1) is 0 Å². The first-order chi connectivity index (χ1) is 16.2. The van der Waals surface area contributed by atoms with E-state index in [9.17, 15) is 14.4 Å². The smallest absolute Gasteiger partial charge is 0.408 e. The van der Waals surface area contributed by atoms with E-state index in [1.54, 1.807) is 32.9 Å². The third-order valence-electron chi connectivity index (χ3n) is 5.67. The molecule has 0 radical (unpaired) electrons. The number of esters is 1. The predicted molar refractivity (Wildman–Crippen MR) is 128 cm³/mol. The molecule has 0 saturated carbocycles. The maximum absolute atomic E-state index is 13.1. The highest BCUT2D eigenvalue weighted by molar-refractivity contribution is 5.86. The van der Waals surface area contributed by atoms with Gasteiger partial charge in [0.25, 0.3) is 0 Å². The van der Waals surface area contributed by atoms with Crippen molar-refractivity contribution in [1.29, 1.82) is 0 Å². The van der Waals surface area contributed by atoms with Crippen molar-refractivity contribution in [2.24, 2.45) is 0 Å². The summed E-state index contributed by atoms with van der Waals surface area (Å²) in [6.07, 6.45) is 3.08. The quantitative estimate of drug-likeness (QED) is 0.334. The molecular weight excluding hydrogens is 434 g/mol. The minimum atomic E-state index is -0.969. The Morgan fingerprint density at radius 3 is 2.44 bits per heavy atom. The summed E-state index contributed by atoms with van der Waals surface area (Å²) < 4.78 is 16.4. The zero-order valence-corrected chi connectivity index (χ0v) is 19.7. The molecule has 1 heterocycles. The van der Waals surface area contributed by atoms with Gasteiger partial charge in [-0.1, -0.05) is 30.3 Å². The number of carbonyl (C=O) groups is 2. The SMILES string of the molecule is CC(C)(C)OC(=O)NC(Cc1ccccc1)C(=O)Oc1ccc2c3c(c(=O)oc2c1)CCCC3. The van der Waals surface area contributed by atoms with Crippen molar-refractivity contribution in [2.75, 3.05) is 0 Å². The second kappa shape index (κ2) is 9.71. The van der Waals surface area contributed by atoms with Gasteiger partial charge in [-0.15, -0.1) is 0 Å². The molecule has 0 fully saturated rings. The van der Waals surface area contributed by atoms with Crippen molar-refractivity contribution >= 4 is 23.0 Å². The van der Waals surface area contributed by atoms with Crippen LogP contribution in [-0.4, -0.2) is 23.7 Å². The Balaban J connectivity index is 1.57. The molecule has 7 heteroatoms. The number of amides is 1. The molecule has 0 spiro atoms. The van der Waals surface area contributed by atoms with Gasteiger partial charge in [0.15, 0.2) is 0 Å². The predicted octanol–water partition coefficient (Wildman–Crippen LogP) is 4.71. The molecular formula is C27H29NO6. The number of rotatable bonds is 5. The first-order valence-corrected chi connectivity index (χ1v) is 11.5. The Kier molecular flexibility index (Phi) is 6.72. The zero-order chi connectivity index (χ0) is 24.3. The lowest BCUT2D eigenvalue weighted by atomic mass is 9.91. The Bertz CT molecular complexity index is 1260. The molecule has 1 N–H and O–H groups in total. The average Bonchev–Trinajstić information content (AvgIpc) is 2.78. The molecule has 178 valence electrons. The molecule has 1 amide bonds. The van der Waals surface area contributed by atoms with Crippen LogP contribution in [0.2, 0.25) is 0 Å². The molecule has 0 saturated heterocycles. The monoisotopic (exact) mass is 463 g/mol. The van der Waals surface area contributed by atoms with Gasteiger partial charge in [0.2, 0.25) is 0 Å². The highest BCUT2D eigenvalue weighted by Gasteiger charge is 2.27. The Morgan fingerprint density at radius 2 is 1.74 bits per heavy atom. The largest absolute Gasteiger partial charge is 0.444 e. The zero-order valence-electron chi connectivity index (χ0n) is 19.7. The van der Waals surface area contributed by atoms with Crippen LogP contribution in [0.1, 0.15) is 50.3 Å². The molecule has 1 aliphatic rings. The van der Waals surface area contributed by atoms with Gasteiger partial charge < -0.3 is 19.2 Å². The first kappa shape index (κ1) is 23.5. The van der Waals surface area contributed by atoms with Crippen LogP contribution in [0.3, 0.4) is 0 Å². The number of hydrogen-bond acceptors (Lipinski definition) is 6. The number of hydrogen-bond donors (Lipinski definition) is 1. The van der Waals surface area contributed by atoms with Crippen LogP contribution < -0.4 is 15.7 Å². The summed E-state index contributed by atoms with van der Waals surface area (Å²) in [6.45, 7) is 5.25. The number of alkyl carbamates (subject to hydrolysis) is 1. The minimum absolute atomic E-state index is 0.231. The third-order valence-corrected chi connectivity index (χ3v) is 5.67. The molecule has 1 unspecified atom stereocenters. The second-order valence-corrected chi connectivity index (χ2v) is 9.52. The molecule has 1 atom stereocenters. The molecule has 34 heavy (non-hydrogen) atoms. The number of benzene rings is 2. The molecule has 0 aliphatic heterocycles. The van der Waals surface area contributed by atoms with Gasteiger partial charge in [-0.05, 0) is 69.7 Å². The van der Waals surface area contributed by atoms with E-state index in [1.165, 1.54) is 0 Å². The van der Waals surface area contributed by atoms with E-state index in [2.05, 4.69) is 5.32 Å². The maximum Gasteiger partial charge on any atom is 0.408 e. The first-order valence-electron chi connectivity index (χ1n) is 11.5. The highest BCUT2D eigenvalue weighted by Crippen LogP contribution is 2.29. The minimum Gasteiger partial charge on any atom is -0.444 e. The molecule has 3 aromatic rings. The summed E-state index contributed by atoms with van der Waals surface area (Å²) in [6, 6.07) is 13.4.